The molecule has 2 aliphatic carbocycles. The van der Waals surface area contributed by atoms with Gasteiger partial charge in [0, 0.05) is 24.9 Å². The van der Waals surface area contributed by atoms with Gasteiger partial charge in [0.2, 0.25) is 5.91 Å². The van der Waals surface area contributed by atoms with Crippen molar-refractivity contribution < 1.29 is 4.79 Å². The van der Waals surface area contributed by atoms with Crippen molar-refractivity contribution in [2.24, 2.45) is 29.4 Å². The molecule has 0 bridgehead atoms. The second kappa shape index (κ2) is 8.09. The maximum absolute atomic E-state index is 13.0. The van der Waals surface area contributed by atoms with Crippen molar-refractivity contribution in [3.63, 3.8) is 0 Å². The van der Waals surface area contributed by atoms with E-state index in [9.17, 15) is 4.79 Å². The highest BCUT2D eigenvalue weighted by Gasteiger charge is 2.50. The minimum atomic E-state index is 0. The lowest BCUT2D eigenvalue weighted by molar-refractivity contribution is -0.132. The van der Waals surface area contributed by atoms with Crippen LogP contribution in [0.1, 0.15) is 50.0 Å². The number of hydrogen-bond acceptors (Lipinski definition) is 2. The van der Waals surface area contributed by atoms with E-state index in [1.807, 2.05) is 0 Å². The first-order chi connectivity index (χ1) is 11.8. The van der Waals surface area contributed by atoms with E-state index < -0.39 is 0 Å². The first kappa shape index (κ1) is 18.7. The van der Waals surface area contributed by atoms with Gasteiger partial charge in [-0.15, -0.1) is 12.4 Å². The lowest BCUT2D eigenvalue weighted by atomic mass is 9.85. The Balaban J connectivity index is 0.00000182. The molecule has 25 heavy (non-hydrogen) atoms. The fourth-order valence-electron chi connectivity index (χ4n) is 5.18. The molecule has 3 fully saturated rings. The lowest BCUT2D eigenvalue weighted by Crippen LogP contribution is -2.32. The summed E-state index contributed by atoms with van der Waals surface area (Å²) in [4.78, 5) is 15.1. The summed E-state index contributed by atoms with van der Waals surface area (Å²) in [6, 6.07) is 10.6. The Bertz CT molecular complexity index is 573. The highest BCUT2D eigenvalue weighted by molar-refractivity contribution is 5.85. The molecule has 2 saturated carbocycles. The smallest absolute Gasteiger partial charge is 0.226 e. The number of rotatable bonds is 4. The Morgan fingerprint density at radius 3 is 2.48 bits per heavy atom. The molecule has 4 heteroatoms. The van der Waals surface area contributed by atoms with Crippen molar-refractivity contribution in [2.45, 2.75) is 44.4 Å². The Labute approximate surface area is 157 Å². The topological polar surface area (TPSA) is 46.3 Å². The van der Waals surface area contributed by atoms with Crippen molar-refractivity contribution in [3.8, 4) is 0 Å². The van der Waals surface area contributed by atoms with E-state index in [1.165, 1.54) is 37.7 Å². The van der Waals surface area contributed by atoms with E-state index in [0.717, 1.165) is 25.4 Å². The number of carbonyl (C=O) groups excluding carboxylic acids is 1. The van der Waals surface area contributed by atoms with Crippen LogP contribution in [0.4, 0.5) is 0 Å². The molecule has 4 atom stereocenters. The van der Waals surface area contributed by atoms with E-state index in [0.29, 0.717) is 36.1 Å². The molecule has 1 heterocycles. The lowest BCUT2D eigenvalue weighted by Gasteiger charge is -2.22. The maximum atomic E-state index is 13.0. The predicted molar refractivity (Wildman–Crippen MR) is 104 cm³/mol. The van der Waals surface area contributed by atoms with Crippen LogP contribution in [0.25, 0.3) is 0 Å². The zero-order valence-electron chi connectivity index (χ0n) is 15.0. The zero-order valence-corrected chi connectivity index (χ0v) is 15.8. The van der Waals surface area contributed by atoms with Crippen molar-refractivity contribution in [1.82, 2.24) is 4.90 Å². The third-order valence-corrected chi connectivity index (χ3v) is 6.70. The van der Waals surface area contributed by atoms with Gasteiger partial charge in [0.1, 0.15) is 0 Å². The molecule has 1 aromatic carbocycles. The van der Waals surface area contributed by atoms with Crippen LogP contribution < -0.4 is 5.73 Å². The third kappa shape index (κ3) is 3.88. The molecule has 1 saturated heterocycles. The van der Waals surface area contributed by atoms with Crippen LogP contribution in [-0.2, 0) is 4.79 Å². The number of hydrogen-bond donors (Lipinski definition) is 1. The van der Waals surface area contributed by atoms with E-state index in [4.69, 9.17) is 5.73 Å². The SMILES string of the molecule is Cl.NC[C@@H]1CN(C(=O)C2CC2C2CCCCC2)C[C@H]1c1ccccc1. The van der Waals surface area contributed by atoms with Gasteiger partial charge in [0.25, 0.3) is 0 Å². The van der Waals surface area contributed by atoms with E-state index in [1.54, 1.807) is 0 Å². The normalized spacial score (nSPS) is 32.3. The number of carbonyl (C=O) groups is 1. The molecule has 3 aliphatic rings. The van der Waals surface area contributed by atoms with Crippen LogP contribution in [0, 0.1) is 23.7 Å². The first-order valence-corrected chi connectivity index (χ1v) is 9.81. The monoisotopic (exact) mass is 362 g/mol. The van der Waals surface area contributed by atoms with Gasteiger partial charge in [-0.3, -0.25) is 4.79 Å². The maximum Gasteiger partial charge on any atom is 0.226 e. The van der Waals surface area contributed by atoms with Crippen molar-refractivity contribution >= 4 is 18.3 Å². The van der Waals surface area contributed by atoms with Crippen LogP contribution in [0.15, 0.2) is 30.3 Å². The minimum Gasteiger partial charge on any atom is -0.341 e. The van der Waals surface area contributed by atoms with Gasteiger partial charge in [0.15, 0.2) is 0 Å². The summed E-state index contributed by atoms with van der Waals surface area (Å²) in [6.45, 7) is 2.38. The highest BCUT2D eigenvalue weighted by Crippen LogP contribution is 2.50. The standard InChI is InChI=1S/C21H30N2O.ClH/c22-12-17-13-23(14-20(17)16-9-5-2-6-10-16)21(24)19-11-18(19)15-7-3-1-4-8-15;/h2,5-6,9-10,15,17-20H,1,3-4,7-8,11-14,22H2;1H/t17-,18?,19?,20+;/m1./s1. The van der Waals surface area contributed by atoms with Gasteiger partial charge in [-0.2, -0.15) is 0 Å². The summed E-state index contributed by atoms with van der Waals surface area (Å²) in [5, 5.41) is 0. The van der Waals surface area contributed by atoms with Crippen LogP contribution >= 0.6 is 12.4 Å². The molecule has 0 radical (unpaired) electrons. The van der Waals surface area contributed by atoms with Crippen molar-refractivity contribution in [1.29, 1.82) is 0 Å². The number of benzene rings is 1. The number of amides is 1. The van der Waals surface area contributed by atoms with Crippen molar-refractivity contribution in [2.75, 3.05) is 19.6 Å². The highest BCUT2D eigenvalue weighted by atomic mass is 35.5. The minimum absolute atomic E-state index is 0. The zero-order chi connectivity index (χ0) is 16.5. The van der Waals surface area contributed by atoms with Crippen LogP contribution in [0.5, 0.6) is 0 Å². The fourth-order valence-corrected chi connectivity index (χ4v) is 5.18. The van der Waals surface area contributed by atoms with E-state index >= 15 is 0 Å². The molecule has 4 rings (SSSR count). The fraction of sp³-hybridized carbons (Fsp3) is 0.667. The number of nitrogens with zero attached hydrogens (tertiary/aromatic N) is 1. The molecule has 1 aliphatic heterocycles. The van der Waals surface area contributed by atoms with Gasteiger partial charge in [-0.05, 0) is 36.3 Å². The summed E-state index contributed by atoms with van der Waals surface area (Å²) in [6.07, 6.45) is 7.99. The predicted octanol–water partition coefficient (Wildman–Crippen LogP) is 3.83. The molecular formula is C21H31ClN2O. The summed E-state index contributed by atoms with van der Waals surface area (Å²) < 4.78 is 0. The average Bonchev–Trinajstić information content (AvgIpc) is 3.33. The summed E-state index contributed by atoms with van der Waals surface area (Å²) in [5.41, 5.74) is 7.36. The number of halogens is 1. The molecule has 1 aromatic rings. The van der Waals surface area contributed by atoms with Crippen LogP contribution in [-0.4, -0.2) is 30.4 Å². The largest absolute Gasteiger partial charge is 0.341 e. The van der Waals surface area contributed by atoms with Gasteiger partial charge >= 0.3 is 0 Å². The molecule has 2 unspecified atom stereocenters. The Morgan fingerprint density at radius 2 is 1.80 bits per heavy atom. The van der Waals surface area contributed by atoms with E-state index in [2.05, 4.69) is 35.2 Å². The van der Waals surface area contributed by atoms with E-state index in [-0.39, 0.29) is 12.4 Å². The Hall–Kier alpha value is -1.06. The van der Waals surface area contributed by atoms with Crippen molar-refractivity contribution in [3.05, 3.63) is 35.9 Å². The first-order valence-electron chi connectivity index (χ1n) is 9.81. The second-order valence-electron chi connectivity index (χ2n) is 8.16. The molecule has 1 amide bonds. The molecule has 0 spiro atoms. The molecule has 2 N–H and O–H groups in total. The second-order valence-corrected chi connectivity index (χ2v) is 8.16. The Kier molecular flexibility index (Phi) is 6.06. The number of likely N-dealkylation sites (tertiary alicyclic amines) is 1. The van der Waals surface area contributed by atoms with Crippen LogP contribution in [0.3, 0.4) is 0 Å². The van der Waals surface area contributed by atoms with Crippen LogP contribution in [0.2, 0.25) is 0 Å². The summed E-state index contributed by atoms with van der Waals surface area (Å²) >= 11 is 0. The van der Waals surface area contributed by atoms with Gasteiger partial charge < -0.3 is 10.6 Å². The molecular weight excluding hydrogens is 332 g/mol. The van der Waals surface area contributed by atoms with Gasteiger partial charge in [-0.1, -0.05) is 62.4 Å². The average molecular weight is 363 g/mol. The third-order valence-electron chi connectivity index (χ3n) is 6.70. The summed E-state index contributed by atoms with van der Waals surface area (Å²) in [7, 11) is 0. The summed E-state index contributed by atoms with van der Waals surface area (Å²) in [5.74, 6) is 3.06. The Morgan fingerprint density at radius 1 is 1.08 bits per heavy atom. The van der Waals surface area contributed by atoms with Gasteiger partial charge in [0.05, 0.1) is 0 Å². The molecule has 3 nitrogen and oxygen atoms in total. The molecule has 0 aromatic heterocycles. The molecule has 138 valence electrons. The number of nitrogens with two attached hydrogens (primary N) is 1. The van der Waals surface area contributed by atoms with Gasteiger partial charge in [-0.25, -0.2) is 0 Å². The quantitative estimate of drug-likeness (QED) is 0.884.